The molecule has 4 nitrogen and oxygen atoms in total. The summed E-state index contributed by atoms with van der Waals surface area (Å²) in [5.41, 5.74) is 3.74. The van der Waals surface area contributed by atoms with Gasteiger partial charge in [0.25, 0.3) is 5.91 Å². The normalized spacial score (nSPS) is 20.1. The van der Waals surface area contributed by atoms with Crippen molar-refractivity contribution in [2.45, 2.75) is 45.1 Å². The molecule has 0 spiro atoms. The summed E-state index contributed by atoms with van der Waals surface area (Å²) < 4.78 is 2.05. The monoisotopic (exact) mass is 269 g/mol. The molecule has 104 valence electrons. The van der Waals surface area contributed by atoms with Crippen LogP contribution in [0, 0.1) is 19.8 Å². The minimum atomic E-state index is 0.0324. The Morgan fingerprint density at radius 3 is 2.70 bits per heavy atom. The Morgan fingerprint density at radius 1 is 1.30 bits per heavy atom. The minimum absolute atomic E-state index is 0.0324. The molecular formula is C16H19N3O. The first-order valence-electron chi connectivity index (χ1n) is 7.37. The molecule has 1 amide bonds. The van der Waals surface area contributed by atoms with E-state index in [9.17, 15) is 4.79 Å². The van der Waals surface area contributed by atoms with Crippen LogP contribution in [0.3, 0.4) is 0 Å². The van der Waals surface area contributed by atoms with Gasteiger partial charge >= 0.3 is 0 Å². The molecule has 2 heterocycles. The van der Waals surface area contributed by atoms with Gasteiger partial charge in [0.2, 0.25) is 0 Å². The molecule has 0 bridgehead atoms. The van der Waals surface area contributed by atoms with Crippen LogP contribution in [-0.4, -0.2) is 20.8 Å². The predicted molar refractivity (Wildman–Crippen MR) is 76.8 cm³/mol. The maximum atomic E-state index is 12.6. The predicted octanol–water partition coefficient (Wildman–Crippen LogP) is 2.62. The molecule has 2 aromatic heterocycles. The molecule has 4 heteroatoms. The van der Waals surface area contributed by atoms with Gasteiger partial charge in [0.05, 0.1) is 5.56 Å². The zero-order valence-electron chi connectivity index (χ0n) is 11.9. The van der Waals surface area contributed by atoms with Gasteiger partial charge in [-0.25, -0.2) is 4.98 Å². The van der Waals surface area contributed by atoms with Crippen molar-refractivity contribution in [2.24, 2.45) is 5.92 Å². The van der Waals surface area contributed by atoms with Crippen LogP contribution < -0.4 is 5.32 Å². The molecule has 1 N–H and O–H groups in total. The summed E-state index contributed by atoms with van der Waals surface area (Å²) in [5, 5.41) is 3.27. The van der Waals surface area contributed by atoms with Crippen molar-refractivity contribution in [1.82, 2.24) is 14.7 Å². The van der Waals surface area contributed by atoms with Gasteiger partial charge < -0.3 is 9.72 Å². The Bertz CT molecular complexity index is 708. The summed E-state index contributed by atoms with van der Waals surface area (Å²) in [6.45, 7) is 4.05. The first-order valence-corrected chi connectivity index (χ1v) is 7.37. The van der Waals surface area contributed by atoms with Crippen molar-refractivity contribution in [2.75, 3.05) is 0 Å². The molecule has 4 rings (SSSR count). The molecule has 2 aliphatic carbocycles. The summed E-state index contributed by atoms with van der Waals surface area (Å²) in [6.07, 6.45) is 6.64. The molecule has 2 aliphatic rings. The van der Waals surface area contributed by atoms with Gasteiger partial charge in [-0.3, -0.25) is 4.79 Å². The molecule has 2 fully saturated rings. The molecule has 2 aromatic rings. The number of pyridine rings is 1. The summed E-state index contributed by atoms with van der Waals surface area (Å²) in [7, 11) is 0. The zero-order valence-corrected chi connectivity index (χ0v) is 11.9. The van der Waals surface area contributed by atoms with Crippen molar-refractivity contribution in [1.29, 1.82) is 0 Å². The van der Waals surface area contributed by atoms with Gasteiger partial charge in [0.1, 0.15) is 5.65 Å². The van der Waals surface area contributed by atoms with E-state index in [1.807, 2.05) is 36.6 Å². The molecule has 0 saturated heterocycles. The molecule has 0 aliphatic heterocycles. The van der Waals surface area contributed by atoms with Crippen molar-refractivity contribution in [3.05, 3.63) is 35.3 Å². The van der Waals surface area contributed by atoms with E-state index < -0.39 is 0 Å². The van der Waals surface area contributed by atoms with E-state index in [2.05, 4.69) is 10.3 Å². The fourth-order valence-corrected chi connectivity index (χ4v) is 3.30. The third-order valence-corrected chi connectivity index (χ3v) is 4.78. The second-order valence-corrected chi connectivity index (χ2v) is 6.33. The van der Waals surface area contributed by atoms with Gasteiger partial charge in [-0.05, 0) is 57.6 Å². The Labute approximate surface area is 118 Å². The van der Waals surface area contributed by atoms with Gasteiger partial charge in [-0.2, -0.15) is 0 Å². The molecule has 0 aromatic carbocycles. The van der Waals surface area contributed by atoms with Crippen LogP contribution in [0.5, 0.6) is 0 Å². The van der Waals surface area contributed by atoms with E-state index in [0.717, 1.165) is 35.8 Å². The van der Waals surface area contributed by atoms with Crippen LogP contribution in [0.4, 0.5) is 0 Å². The second-order valence-electron chi connectivity index (χ2n) is 6.33. The SMILES string of the molecule is Cc1ccc(C(=O)NC2(C3CC3)CC2)c2ncc(C)n12. The minimum Gasteiger partial charge on any atom is -0.346 e. The number of hydrogen-bond acceptors (Lipinski definition) is 2. The van der Waals surface area contributed by atoms with Gasteiger partial charge in [0, 0.05) is 23.1 Å². The summed E-state index contributed by atoms with van der Waals surface area (Å²) in [5.74, 6) is 0.749. The molecule has 0 unspecified atom stereocenters. The van der Waals surface area contributed by atoms with Crippen LogP contribution >= 0.6 is 0 Å². The average Bonchev–Trinajstić information content (AvgIpc) is 3.30. The van der Waals surface area contributed by atoms with Crippen LogP contribution in [0.15, 0.2) is 18.3 Å². The topological polar surface area (TPSA) is 46.4 Å². The Hall–Kier alpha value is -1.84. The highest BCUT2D eigenvalue weighted by Gasteiger charge is 2.54. The van der Waals surface area contributed by atoms with Gasteiger partial charge in [-0.1, -0.05) is 0 Å². The zero-order chi connectivity index (χ0) is 13.9. The van der Waals surface area contributed by atoms with E-state index in [1.165, 1.54) is 12.8 Å². The number of carbonyl (C=O) groups is 1. The van der Waals surface area contributed by atoms with Gasteiger partial charge in [0.15, 0.2) is 0 Å². The summed E-state index contributed by atoms with van der Waals surface area (Å²) >= 11 is 0. The van der Waals surface area contributed by atoms with Crippen molar-refractivity contribution in [3.63, 3.8) is 0 Å². The van der Waals surface area contributed by atoms with Crippen molar-refractivity contribution >= 4 is 11.6 Å². The van der Waals surface area contributed by atoms with Crippen LogP contribution in [0.2, 0.25) is 0 Å². The van der Waals surface area contributed by atoms with Crippen LogP contribution in [0.25, 0.3) is 5.65 Å². The van der Waals surface area contributed by atoms with Crippen molar-refractivity contribution < 1.29 is 4.79 Å². The third kappa shape index (κ3) is 1.67. The van der Waals surface area contributed by atoms with E-state index >= 15 is 0 Å². The largest absolute Gasteiger partial charge is 0.346 e. The van der Waals surface area contributed by atoms with Crippen LogP contribution in [-0.2, 0) is 0 Å². The second kappa shape index (κ2) is 3.84. The first-order chi connectivity index (χ1) is 9.61. The number of imidazole rings is 1. The number of hydrogen-bond donors (Lipinski definition) is 1. The Balaban J connectivity index is 1.71. The highest BCUT2D eigenvalue weighted by Crippen LogP contribution is 2.53. The highest BCUT2D eigenvalue weighted by molar-refractivity contribution is 6.00. The molecule has 20 heavy (non-hydrogen) atoms. The lowest BCUT2D eigenvalue weighted by Crippen LogP contribution is -2.38. The fraction of sp³-hybridized carbons (Fsp3) is 0.500. The number of amides is 1. The molecule has 0 atom stereocenters. The van der Waals surface area contributed by atoms with E-state index in [1.54, 1.807) is 0 Å². The quantitative estimate of drug-likeness (QED) is 0.931. The number of nitrogens with zero attached hydrogens (tertiary/aromatic N) is 2. The summed E-state index contributed by atoms with van der Waals surface area (Å²) in [4.78, 5) is 17.0. The molecule has 2 saturated carbocycles. The third-order valence-electron chi connectivity index (χ3n) is 4.78. The Morgan fingerprint density at radius 2 is 2.05 bits per heavy atom. The smallest absolute Gasteiger partial charge is 0.255 e. The number of nitrogens with one attached hydrogen (secondary N) is 1. The van der Waals surface area contributed by atoms with E-state index in [0.29, 0.717) is 5.56 Å². The first kappa shape index (κ1) is 11.9. The number of rotatable bonds is 3. The van der Waals surface area contributed by atoms with E-state index in [4.69, 9.17) is 0 Å². The molecule has 0 radical (unpaired) electrons. The lowest BCUT2D eigenvalue weighted by molar-refractivity contribution is 0.0927. The number of fused-ring (bicyclic) bond motifs is 1. The van der Waals surface area contributed by atoms with E-state index in [-0.39, 0.29) is 11.4 Å². The number of aromatic nitrogens is 2. The lowest BCUT2D eigenvalue weighted by Gasteiger charge is -2.17. The fourth-order valence-electron chi connectivity index (χ4n) is 3.30. The van der Waals surface area contributed by atoms with Crippen molar-refractivity contribution in [3.8, 4) is 0 Å². The number of aryl methyl sites for hydroxylation is 2. The number of carbonyl (C=O) groups excluding carboxylic acids is 1. The summed E-state index contributed by atoms with van der Waals surface area (Å²) in [6, 6.07) is 3.89. The molecular weight excluding hydrogens is 250 g/mol. The maximum Gasteiger partial charge on any atom is 0.255 e. The van der Waals surface area contributed by atoms with Crippen LogP contribution in [0.1, 0.15) is 47.4 Å². The average molecular weight is 269 g/mol. The Kier molecular flexibility index (Phi) is 2.29. The highest BCUT2D eigenvalue weighted by atomic mass is 16.1. The maximum absolute atomic E-state index is 12.6. The lowest BCUT2D eigenvalue weighted by atomic mass is 10.1. The van der Waals surface area contributed by atoms with Gasteiger partial charge in [-0.15, -0.1) is 0 Å². The standard InChI is InChI=1S/C16H19N3O/c1-10-3-6-13(14-17-9-11(2)19(10)14)15(20)18-16(7-8-16)12-4-5-12/h3,6,9,12H,4-5,7-8H2,1-2H3,(H,18,20).